The fourth-order valence-corrected chi connectivity index (χ4v) is 1.92. The molecular formula is C15H17N3. The molecule has 1 aromatic heterocycles. The van der Waals surface area contributed by atoms with Gasteiger partial charge in [0.2, 0.25) is 0 Å². The van der Waals surface area contributed by atoms with Crippen LogP contribution in [-0.2, 0) is 13.1 Å². The number of rotatable bonds is 5. The summed E-state index contributed by atoms with van der Waals surface area (Å²) < 4.78 is 2.19. The molecule has 1 aromatic carbocycles. The Labute approximate surface area is 108 Å². The van der Waals surface area contributed by atoms with Crippen molar-refractivity contribution in [3.05, 3.63) is 53.9 Å². The molecule has 0 aliphatic rings. The molecule has 0 unspecified atom stereocenters. The third-order valence-electron chi connectivity index (χ3n) is 2.82. The van der Waals surface area contributed by atoms with Crippen LogP contribution in [0.2, 0.25) is 0 Å². The largest absolute Gasteiger partial charge is 0.380 e. The zero-order valence-corrected chi connectivity index (χ0v) is 10.6. The zero-order chi connectivity index (χ0) is 12.8. The van der Waals surface area contributed by atoms with Gasteiger partial charge in [-0.2, -0.15) is 5.26 Å². The van der Waals surface area contributed by atoms with Crippen molar-refractivity contribution in [1.82, 2.24) is 4.57 Å². The Morgan fingerprint density at radius 2 is 2.11 bits per heavy atom. The average molecular weight is 239 g/mol. The number of para-hydroxylation sites is 1. The summed E-state index contributed by atoms with van der Waals surface area (Å²) in [5, 5.41) is 12.3. The fourth-order valence-electron chi connectivity index (χ4n) is 1.92. The lowest BCUT2D eigenvalue weighted by Gasteiger charge is -2.06. The maximum atomic E-state index is 9.00. The lowest BCUT2D eigenvalue weighted by atomic mass is 10.2. The van der Waals surface area contributed by atoms with Crippen molar-refractivity contribution in [3.63, 3.8) is 0 Å². The predicted molar refractivity (Wildman–Crippen MR) is 73.2 cm³/mol. The lowest BCUT2D eigenvalue weighted by molar-refractivity contribution is 0.682. The van der Waals surface area contributed by atoms with E-state index in [9.17, 15) is 0 Å². The number of aryl methyl sites for hydroxylation is 1. The van der Waals surface area contributed by atoms with E-state index in [1.807, 2.05) is 24.3 Å². The highest BCUT2D eigenvalue weighted by atomic mass is 14.9. The predicted octanol–water partition coefficient (Wildman–Crippen LogP) is 3.38. The van der Waals surface area contributed by atoms with Crippen LogP contribution < -0.4 is 5.32 Å². The minimum Gasteiger partial charge on any atom is -0.380 e. The molecule has 0 atom stereocenters. The molecule has 0 saturated carbocycles. The van der Waals surface area contributed by atoms with Crippen LogP contribution in [-0.4, -0.2) is 4.57 Å². The molecule has 0 aliphatic carbocycles. The normalized spacial score (nSPS) is 10.0. The van der Waals surface area contributed by atoms with Crippen LogP contribution in [0.5, 0.6) is 0 Å². The second kappa shape index (κ2) is 5.92. The number of aromatic nitrogens is 1. The van der Waals surface area contributed by atoms with Gasteiger partial charge in [-0.05, 0) is 30.2 Å². The third kappa shape index (κ3) is 2.92. The monoisotopic (exact) mass is 239 g/mol. The highest BCUT2D eigenvalue weighted by molar-refractivity contribution is 5.57. The van der Waals surface area contributed by atoms with Crippen molar-refractivity contribution in [2.24, 2.45) is 0 Å². The fraction of sp³-hybridized carbons (Fsp3) is 0.267. The Bertz CT molecular complexity index is 549. The summed E-state index contributed by atoms with van der Waals surface area (Å²) in [6, 6.07) is 11.9. The molecular weight excluding hydrogens is 222 g/mol. The summed E-state index contributed by atoms with van der Waals surface area (Å²) in [6.45, 7) is 3.96. The Balaban J connectivity index is 2.00. The zero-order valence-electron chi connectivity index (χ0n) is 10.6. The van der Waals surface area contributed by atoms with Gasteiger partial charge in [0.25, 0.3) is 0 Å². The molecule has 0 spiro atoms. The van der Waals surface area contributed by atoms with Gasteiger partial charge in [0, 0.05) is 25.5 Å². The van der Waals surface area contributed by atoms with Gasteiger partial charge in [0.15, 0.2) is 0 Å². The van der Waals surface area contributed by atoms with Crippen molar-refractivity contribution in [1.29, 1.82) is 5.26 Å². The minimum atomic E-state index is 0.686. The molecule has 18 heavy (non-hydrogen) atoms. The van der Waals surface area contributed by atoms with Crippen LogP contribution in [0.15, 0.2) is 42.7 Å². The first-order chi connectivity index (χ1) is 8.83. The molecule has 0 amide bonds. The average Bonchev–Trinajstić information content (AvgIpc) is 2.85. The van der Waals surface area contributed by atoms with Crippen molar-refractivity contribution in [3.8, 4) is 6.07 Å². The Kier molecular flexibility index (Phi) is 4.03. The van der Waals surface area contributed by atoms with Gasteiger partial charge >= 0.3 is 0 Å². The van der Waals surface area contributed by atoms with Crippen LogP contribution in [0.4, 0.5) is 5.69 Å². The van der Waals surface area contributed by atoms with Crippen molar-refractivity contribution in [2.45, 2.75) is 26.4 Å². The number of hydrogen-bond donors (Lipinski definition) is 1. The maximum Gasteiger partial charge on any atom is 0.101 e. The van der Waals surface area contributed by atoms with E-state index in [1.54, 1.807) is 0 Å². The standard InChI is InChI=1S/C15H17N3/c1-2-8-18-9-7-13(12-18)11-17-15-6-4-3-5-14(15)10-16/h3-7,9,12,17H,2,8,11H2,1H3. The second-order valence-electron chi connectivity index (χ2n) is 4.27. The van der Waals surface area contributed by atoms with Gasteiger partial charge in [-0.1, -0.05) is 19.1 Å². The van der Waals surface area contributed by atoms with Gasteiger partial charge in [-0.15, -0.1) is 0 Å². The molecule has 0 aliphatic heterocycles. The van der Waals surface area contributed by atoms with Gasteiger partial charge in [0.05, 0.1) is 11.3 Å². The number of hydrogen-bond acceptors (Lipinski definition) is 2. The van der Waals surface area contributed by atoms with E-state index in [2.05, 4.69) is 41.3 Å². The number of nitrogens with zero attached hydrogens (tertiary/aromatic N) is 2. The quantitative estimate of drug-likeness (QED) is 0.869. The molecule has 0 bridgehead atoms. The van der Waals surface area contributed by atoms with E-state index >= 15 is 0 Å². The molecule has 2 aromatic rings. The number of benzene rings is 1. The molecule has 3 heteroatoms. The third-order valence-corrected chi connectivity index (χ3v) is 2.82. The van der Waals surface area contributed by atoms with Gasteiger partial charge in [-0.25, -0.2) is 0 Å². The molecule has 0 radical (unpaired) electrons. The summed E-state index contributed by atoms with van der Waals surface area (Å²) in [5.41, 5.74) is 2.81. The lowest BCUT2D eigenvalue weighted by Crippen LogP contribution is -2.00. The molecule has 92 valence electrons. The van der Waals surface area contributed by atoms with E-state index in [4.69, 9.17) is 5.26 Å². The summed E-state index contributed by atoms with van der Waals surface area (Å²) in [4.78, 5) is 0. The van der Waals surface area contributed by atoms with Crippen LogP contribution in [0, 0.1) is 11.3 Å². The number of anilines is 1. The highest BCUT2D eigenvalue weighted by Gasteiger charge is 2.01. The summed E-state index contributed by atoms with van der Waals surface area (Å²) in [5.74, 6) is 0. The Morgan fingerprint density at radius 1 is 1.28 bits per heavy atom. The van der Waals surface area contributed by atoms with E-state index in [0.29, 0.717) is 5.56 Å². The van der Waals surface area contributed by atoms with Crippen molar-refractivity contribution >= 4 is 5.69 Å². The molecule has 1 N–H and O–H groups in total. The topological polar surface area (TPSA) is 40.8 Å². The second-order valence-corrected chi connectivity index (χ2v) is 4.27. The maximum absolute atomic E-state index is 9.00. The van der Waals surface area contributed by atoms with E-state index in [0.717, 1.165) is 25.2 Å². The van der Waals surface area contributed by atoms with Crippen molar-refractivity contribution in [2.75, 3.05) is 5.32 Å². The Morgan fingerprint density at radius 3 is 2.89 bits per heavy atom. The van der Waals surface area contributed by atoms with Crippen molar-refractivity contribution < 1.29 is 0 Å². The first kappa shape index (κ1) is 12.3. The van der Waals surface area contributed by atoms with Crippen LogP contribution in [0.1, 0.15) is 24.5 Å². The summed E-state index contributed by atoms with van der Waals surface area (Å²) >= 11 is 0. The summed E-state index contributed by atoms with van der Waals surface area (Å²) in [6.07, 6.45) is 5.38. The van der Waals surface area contributed by atoms with Gasteiger partial charge in [0.1, 0.15) is 6.07 Å². The molecule has 0 saturated heterocycles. The number of nitrogens with one attached hydrogen (secondary N) is 1. The number of nitriles is 1. The smallest absolute Gasteiger partial charge is 0.101 e. The van der Waals surface area contributed by atoms with Crippen LogP contribution in [0.25, 0.3) is 0 Å². The molecule has 0 fully saturated rings. The Hall–Kier alpha value is -2.21. The van der Waals surface area contributed by atoms with Crippen LogP contribution in [0.3, 0.4) is 0 Å². The SMILES string of the molecule is CCCn1ccc(CNc2ccccc2C#N)c1. The van der Waals surface area contributed by atoms with Crippen LogP contribution >= 0.6 is 0 Å². The highest BCUT2D eigenvalue weighted by Crippen LogP contribution is 2.15. The van der Waals surface area contributed by atoms with Gasteiger partial charge in [-0.3, -0.25) is 0 Å². The molecule has 1 heterocycles. The van der Waals surface area contributed by atoms with E-state index in [1.165, 1.54) is 5.56 Å². The van der Waals surface area contributed by atoms with Gasteiger partial charge < -0.3 is 9.88 Å². The first-order valence-corrected chi connectivity index (χ1v) is 6.21. The van der Waals surface area contributed by atoms with E-state index in [-0.39, 0.29) is 0 Å². The van der Waals surface area contributed by atoms with E-state index < -0.39 is 0 Å². The first-order valence-electron chi connectivity index (χ1n) is 6.21. The molecule has 3 nitrogen and oxygen atoms in total. The minimum absolute atomic E-state index is 0.686. The summed E-state index contributed by atoms with van der Waals surface area (Å²) in [7, 11) is 0. The molecule has 2 rings (SSSR count).